The number of benzene rings is 2. The van der Waals surface area contributed by atoms with Crippen LogP contribution in [0.2, 0.25) is 0 Å². The molecule has 2 heterocycles. The van der Waals surface area contributed by atoms with Crippen LogP contribution in [-0.4, -0.2) is 30.2 Å². The lowest BCUT2D eigenvalue weighted by molar-refractivity contribution is 0.0684. The van der Waals surface area contributed by atoms with Gasteiger partial charge in [-0.2, -0.15) is 4.98 Å². The minimum Gasteiger partial charge on any atom is -0.475 e. The van der Waals surface area contributed by atoms with Crippen LogP contribution >= 0.6 is 0 Å². The van der Waals surface area contributed by atoms with Gasteiger partial charge in [0.2, 0.25) is 5.65 Å². The number of carboxylic acids is 1. The van der Waals surface area contributed by atoms with Gasteiger partial charge in [0.15, 0.2) is 0 Å². The van der Waals surface area contributed by atoms with Crippen LogP contribution < -0.4 is 5.56 Å². The third kappa shape index (κ3) is 2.52. The highest BCUT2D eigenvalue weighted by molar-refractivity contribution is 5.85. The van der Waals surface area contributed by atoms with Gasteiger partial charge in [0.05, 0.1) is 17.6 Å². The summed E-state index contributed by atoms with van der Waals surface area (Å²) in [6, 6.07) is 11.4. The molecule has 0 saturated heterocycles. The zero-order chi connectivity index (χ0) is 18.4. The molecule has 0 saturated carbocycles. The average molecular weight is 352 g/mol. The minimum atomic E-state index is -1.31. The lowest BCUT2D eigenvalue weighted by Gasteiger charge is -2.12. The molecule has 4 aromatic rings. The molecule has 4 rings (SSSR count). The number of hydrogen-bond donors (Lipinski definition) is 1. The lowest BCUT2D eigenvalue weighted by Crippen LogP contribution is -2.24. The minimum absolute atomic E-state index is 0.0878. The summed E-state index contributed by atoms with van der Waals surface area (Å²) in [4.78, 5) is 28.0. The second-order valence-corrected chi connectivity index (χ2v) is 5.99. The second kappa shape index (κ2) is 5.76. The quantitative estimate of drug-likeness (QED) is 0.611. The average Bonchev–Trinajstić information content (AvgIpc) is 3.04. The monoisotopic (exact) mass is 352 g/mol. The Hall–Kier alpha value is -3.55. The van der Waals surface area contributed by atoms with Gasteiger partial charge < -0.3 is 5.11 Å². The fourth-order valence-corrected chi connectivity index (χ4v) is 2.94. The van der Waals surface area contributed by atoms with Crippen molar-refractivity contribution >= 4 is 22.6 Å². The molecule has 2 aromatic carbocycles. The molecule has 0 radical (unpaired) electrons. The molecule has 0 fully saturated rings. The van der Waals surface area contributed by atoms with Gasteiger partial charge in [-0.15, -0.1) is 5.10 Å². The summed E-state index contributed by atoms with van der Waals surface area (Å²) < 4.78 is 16.2. The Bertz CT molecular complexity index is 1240. The number of rotatable bonds is 3. The van der Waals surface area contributed by atoms with E-state index in [-0.39, 0.29) is 12.2 Å². The van der Waals surface area contributed by atoms with Crippen molar-refractivity contribution in [3.63, 3.8) is 0 Å². The molecule has 0 atom stereocenters. The molecule has 130 valence electrons. The largest absolute Gasteiger partial charge is 0.475 e. The first kappa shape index (κ1) is 15.9. The standard InChI is InChI=1S/C18H13FN4O3/c1-10-5-6-13-14(7-10)22(9-11-3-2-4-12(19)8-11)17(24)16-20-15(18(25)26)21-23(13)16/h2-8H,9H2,1H3,(H,25,26). The van der Waals surface area contributed by atoms with Gasteiger partial charge in [-0.3, -0.25) is 9.36 Å². The number of aryl methyl sites for hydroxylation is 1. The van der Waals surface area contributed by atoms with Crippen molar-refractivity contribution in [1.29, 1.82) is 0 Å². The summed E-state index contributed by atoms with van der Waals surface area (Å²) in [5.41, 5.74) is 2.05. The maximum atomic E-state index is 13.5. The highest BCUT2D eigenvalue weighted by atomic mass is 19.1. The van der Waals surface area contributed by atoms with Crippen LogP contribution in [0.1, 0.15) is 21.7 Å². The van der Waals surface area contributed by atoms with Crippen LogP contribution in [0.5, 0.6) is 0 Å². The first-order chi connectivity index (χ1) is 12.4. The van der Waals surface area contributed by atoms with E-state index in [1.165, 1.54) is 21.2 Å². The van der Waals surface area contributed by atoms with E-state index in [1.807, 2.05) is 13.0 Å². The SMILES string of the molecule is Cc1ccc2c(c1)n(Cc1cccc(F)c1)c(=O)c1nc(C(=O)O)nn12. The van der Waals surface area contributed by atoms with Crippen molar-refractivity contribution in [1.82, 2.24) is 19.2 Å². The van der Waals surface area contributed by atoms with E-state index in [2.05, 4.69) is 10.1 Å². The highest BCUT2D eigenvalue weighted by Crippen LogP contribution is 2.17. The highest BCUT2D eigenvalue weighted by Gasteiger charge is 2.18. The van der Waals surface area contributed by atoms with E-state index in [1.54, 1.807) is 24.3 Å². The third-order valence-corrected chi connectivity index (χ3v) is 4.11. The smallest absolute Gasteiger partial charge is 0.375 e. The number of aromatic carboxylic acids is 1. The summed E-state index contributed by atoms with van der Waals surface area (Å²) in [5, 5.41) is 13.1. The number of nitrogens with zero attached hydrogens (tertiary/aromatic N) is 4. The Morgan fingerprint density at radius 1 is 1.19 bits per heavy atom. The molecular formula is C18H13FN4O3. The molecule has 0 bridgehead atoms. The molecule has 26 heavy (non-hydrogen) atoms. The fraction of sp³-hybridized carbons (Fsp3) is 0.111. The van der Waals surface area contributed by atoms with E-state index in [0.717, 1.165) is 5.56 Å². The van der Waals surface area contributed by atoms with Crippen molar-refractivity contribution in [3.05, 3.63) is 75.6 Å². The van der Waals surface area contributed by atoms with Crippen LogP contribution in [0.25, 0.3) is 16.7 Å². The number of fused-ring (bicyclic) bond motifs is 3. The second-order valence-electron chi connectivity index (χ2n) is 5.99. The van der Waals surface area contributed by atoms with Crippen molar-refractivity contribution in [2.45, 2.75) is 13.5 Å². The number of aromatic nitrogens is 4. The molecule has 0 aliphatic carbocycles. The number of hydrogen-bond acceptors (Lipinski definition) is 4. The van der Waals surface area contributed by atoms with E-state index in [4.69, 9.17) is 5.11 Å². The van der Waals surface area contributed by atoms with Gasteiger partial charge in [-0.1, -0.05) is 18.2 Å². The zero-order valence-electron chi connectivity index (χ0n) is 13.7. The van der Waals surface area contributed by atoms with Crippen LogP contribution in [-0.2, 0) is 6.54 Å². The summed E-state index contributed by atoms with van der Waals surface area (Å²) in [6.45, 7) is 2.01. The van der Waals surface area contributed by atoms with Gasteiger partial charge in [0.25, 0.3) is 11.4 Å². The third-order valence-electron chi connectivity index (χ3n) is 4.11. The van der Waals surface area contributed by atoms with Crippen molar-refractivity contribution in [2.24, 2.45) is 0 Å². The van der Waals surface area contributed by atoms with Gasteiger partial charge in [0, 0.05) is 0 Å². The van der Waals surface area contributed by atoms with Gasteiger partial charge in [-0.25, -0.2) is 13.7 Å². The molecule has 1 N–H and O–H groups in total. The predicted octanol–water partition coefficient (Wildman–Crippen LogP) is 2.24. The normalized spacial score (nSPS) is 11.3. The molecular weight excluding hydrogens is 339 g/mol. The molecule has 0 aliphatic heterocycles. The van der Waals surface area contributed by atoms with E-state index in [0.29, 0.717) is 16.6 Å². The summed E-state index contributed by atoms with van der Waals surface area (Å²) in [7, 11) is 0. The Morgan fingerprint density at radius 3 is 2.73 bits per heavy atom. The number of carboxylic acid groups (broad SMARTS) is 1. The van der Waals surface area contributed by atoms with E-state index >= 15 is 0 Å². The maximum Gasteiger partial charge on any atom is 0.375 e. The van der Waals surface area contributed by atoms with Crippen molar-refractivity contribution in [2.75, 3.05) is 0 Å². The van der Waals surface area contributed by atoms with Crippen molar-refractivity contribution < 1.29 is 14.3 Å². The van der Waals surface area contributed by atoms with E-state index < -0.39 is 23.2 Å². The molecule has 8 heteroatoms. The summed E-state index contributed by atoms with van der Waals surface area (Å²) in [5.74, 6) is -2.16. The Balaban J connectivity index is 2.06. The fourth-order valence-electron chi connectivity index (χ4n) is 2.94. The first-order valence-electron chi connectivity index (χ1n) is 7.82. The van der Waals surface area contributed by atoms with E-state index in [9.17, 15) is 14.0 Å². The van der Waals surface area contributed by atoms with Crippen molar-refractivity contribution in [3.8, 4) is 0 Å². The molecule has 0 aliphatic rings. The first-order valence-corrected chi connectivity index (χ1v) is 7.82. The number of halogens is 1. The molecule has 7 nitrogen and oxygen atoms in total. The van der Waals surface area contributed by atoms with Crippen LogP contribution in [0.3, 0.4) is 0 Å². The topological polar surface area (TPSA) is 89.5 Å². The lowest BCUT2D eigenvalue weighted by atomic mass is 10.2. The summed E-state index contributed by atoms with van der Waals surface area (Å²) in [6.07, 6.45) is 0. The van der Waals surface area contributed by atoms with Gasteiger partial charge in [-0.05, 0) is 42.3 Å². The molecule has 2 aromatic heterocycles. The summed E-state index contributed by atoms with van der Waals surface area (Å²) >= 11 is 0. The van der Waals surface area contributed by atoms with Crippen LogP contribution in [0, 0.1) is 12.7 Å². The molecule has 0 amide bonds. The molecule has 0 unspecified atom stereocenters. The van der Waals surface area contributed by atoms with Crippen LogP contribution in [0.15, 0.2) is 47.3 Å². The Labute approximate surface area is 146 Å². The predicted molar refractivity (Wildman–Crippen MR) is 92.0 cm³/mol. The molecule has 0 spiro atoms. The Morgan fingerprint density at radius 2 is 2.00 bits per heavy atom. The number of carbonyl (C=O) groups is 1. The van der Waals surface area contributed by atoms with Gasteiger partial charge >= 0.3 is 5.97 Å². The zero-order valence-corrected chi connectivity index (χ0v) is 13.7. The maximum absolute atomic E-state index is 13.5. The Kier molecular flexibility index (Phi) is 3.54. The van der Waals surface area contributed by atoms with Crippen LogP contribution in [0.4, 0.5) is 4.39 Å². The van der Waals surface area contributed by atoms with Gasteiger partial charge in [0.1, 0.15) is 5.82 Å².